The number of alkyl carbamates (subject to hydrolysis) is 1. The summed E-state index contributed by atoms with van der Waals surface area (Å²) in [5.74, 6) is -0.307. The lowest BCUT2D eigenvalue weighted by atomic mass is 10.0. The first-order valence-electron chi connectivity index (χ1n) is 15.0. The number of aliphatic hydroxyl groups excluding tert-OH is 1. The summed E-state index contributed by atoms with van der Waals surface area (Å²) in [6, 6.07) is 1.57. The Kier molecular flexibility index (Phi) is 7.25. The highest BCUT2D eigenvalue weighted by atomic mass is 32.2. The summed E-state index contributed by atoms with van der Waals surface area (Å²) < 4.78 is 85.4. The number of benzene rings is 2. The first kappa shape index (κ1) is 22.2. The maximum Gasteiger partial charge on any atom is 0.407 e. The summed E-state index contributed by atoms with van der Waals surface area (Å²) in [7, 11) is -4.12. The number of nitrogens with zero attached hydrogens (tertiary/aromatic N) is 1. The highest BCUT2D eigenvalue weighted by Gasteiger charge is 2.44. The summed E-state index contributed by atoms with van der Waals surface area (Å²) >= 11 is 0. The molecule has 0 spiro atoms. The Morgan fingerprint density at radius 3 is 2.61 bits per heavy atom. The first-order chi connectivity index (χ1) is 20.2. The van der Waals surface area contributed by atoms with Crippen molar-refractivity contribution in [2.24, 2.45) is 11.8 Å². The number of nitrogens with two attached hydrogens (primary N) is 1. The van der Waals surface area contributed by atoms with E-state index in [4.69, 9.17) is 26.8 Å². The van der Waals surface area contributed by atoms with Crippen molar-refractivity contribution in [3.63, 3.8) is 0 Å². The largest absolute Gasteiger partial charge is 0.443 e. The van der Waals surface area contributed by atoms with Crippen molar-refractivity contribution >= 4 is 21.8 Å². The standard InChI is InChI=1S/C27H37N3O7S/c1-18(2)15-30(38(33,34)21-10-8-20(28)9-11-21)16-24(31)23(14-19-6-4-3-5-7-19)29-27(32)37-25-17-36-26-22(25)12-13-35-26/h3-11,18,22-26,31H,12-17,28H2,1-2H3,(H,29,32)/t22?,23-,24+,25-,26?/m0/s1/i3D,4D,5D,6D,7D. The van der Waals surface area contributed by atoms with Crippen LogP contribution in [0.25, 0.3) is 0 Å². The van der Waals surface area contributed by atoms with Crippen molar-refractivity contribution in [1.29, 1.82) is 0 Å². The van der Waals surface area contributed by atoms with Crippen LogP contribution in [0.2, 0.25) is 0 Å². The molecular weight excluding hydrogens is 510 g/mol. The fourth-order valence-corrected chi connectivity index (χ4v) is 6.18. The van der Waals surface area contributed by atoms with Gasteiger partial charge in [-0.1, -0.05) is 44.1 Å². The van der Waals surface area contributed by atoms with Crippen LogP contribution in [0, 0.1) is 11.8 Å². The number of sulfonamides is 1. The van der Waals surface area contributed by atoms with Crippen LogP contribution in [0.15, 0.2) is 59.4 Å². The Labute approximate surface area is 231 Å². The third-order valence-corrected chi connectivity index (χ3v) is 8.31. The molecule has 1 amide bonds. The Balaban J connectivity index is 1.63. The normalized spacial score (nSPS) is 24.7. The van der Waals surface area contributed by atoms with Crippen molar-refractivity contribution in [2.45, 2.75) is 56.1 Å². The number of hydrogen-bond acceptors (Lipinski definition) is 8. The van der Waals surface area contributed by atoms with E-state index < -0.39 is 83.8 Å². The van der Waals surface area contributed by atoms with Gasteiger partial charge in [-0.2, -0.15) is 4.31 Å². The Bertz CT molecular complexity index is 1400. The molecule has 2 unspecified atom stereocenters. The predicted molar refractivity (Wildman–Crippen MR) is 142 cm³/mol. The second kappa shape index (κ2) is 12.4. The molecule has 11 heteroatoms. The number of nitrogen functional groups attached to an aromatic ring is 1. The van der Waals surface area contributed by atoms with Crippen LogP contribution < -0.4 is 11.1 Å². The van der Waals surface area contributed by atoms with Crippen LogP contribution >= 0.6 is 0 Å². The van der Waals surface area contributed by atoms with E-state index in [9.17, 15) is 18.3 Å². The monoisotopic (exact) mass is 552 g/mol. The molecule has 0 aliphatic carbocycles. The van der Waals surface area contributed by atoms with Gasteiger partial charge in [-0.15, -0.1) is 0 Å². The van der Waals surface area contributed by atoms with Crippen molar-refractivity contribution < 1.29 is 39.4 Å². The Hall–Kier alpha value is -2.70. The zero-order valence-electron chi connectivity index (χ0n) is 26.3. The molecule has 0 bridgehead atoms. The predicted octanol–water partition coefficient (Wildman–Crippen LogP) is 2.38. The number of rotatable bonds is 11. The molecule has 2 aliphatic heterocycles. The lowest BCUT2D eigenvalue weighted by Crippen LogP contribution is -2.51. The number of amides is 1. The van der Waals surface area contributed by atoms with E-state index in [1.54, 1.807) is 13.8 Å². The SMILES string of the molecule is [2H]c1c([2H])c([2H])c(C[C@H](NC(=O)O[C@H]2COC3OCCC32)[C@H](O)CN(CC(C)C)S(=O)(=O)c2ccc(N)cc2)c([2H])c1[2H]. The lowest BCUT2D eigenvalue weighted by molar-refractivity contribution is -0.0907. The molecule has 2 aromatic rings. The minimum atomic E-state index is -4.12. The van der Waals surface area contributed by atoms with Gasteiger partial charge in [-0.05, 0) is 48.6 Å². The molecule has 5 atom stereocenters. The van der Waals surface area contributed by atoms with Gasteiger partial charge < -0.3 is 30.4 Å². The molecule has 2 saturated heterocycles. The number of nitrogens with one attached hydrogen (secondary N) is 1. The summed E-state index contributed by atoms with van der Waals surface area (Å²) in [6.07, 6.45) is -3.38. The van der Waals surface area contributed by atoms with E-state index in [1.165, 1.54) is 24.3 Å². The number of anilines is 1. The van der Waals surface area contributed by atoms with Gasteiger partial charge in [0.05, 0.1) is 43.0 Å². The van der Waals surface area contributed by atoms with Crippen LogP contribution in [-0.2, 0) is 30.7 Å². The lowest BCUT2D eigenvalue weighted by Gasteiger charge is -2.31. The molecule has 208 valence electrons. The maximum atomic E-state index is 13.6. The molecule has 10 nitrogen and oxygen atoms in total. The number of ether oxygens (including phenoxy) is 3. The van der Waals surface area contributed by atoms with E-state index in [1.807, 2.05) is 0 Å². The van der Waals surface area contributed by atoms with Gasteiger partial charge in [-0.25, -0.2) is 13.2 Å². The summed E-state index contributed by atoms with van der Waals surface area (Å²) in [4.78, 5) is 13.0. The van der Waals surface area contributed by atoms with Crippen molar-refractivity contribution in [1.82, 2.24) is 9.62 Å². The molecule has 0 aromatic heterocycles. The molecule has 2 aliphatic rings. The van der Waals surface area contributed by atoms with Gasteiger partial charge >= 0.3 is 6.09 Å². The number of fused-ring (bicyclic) bond motifs is 1. The molecule has 0 saturated carbocycles. The number of carbonyl (C=O) groups is 1. The average Bonchev–Trinajstić information content (AvgIpc) is 3.57. The average molecular weight is 553 g/mol. The second-order valence-corrected chi connectivity index (χ2v) is 11.8. The van der Waals surface area contributed by atoms with Crippen LogP contribution in [0.3, 0.4) is 0 Å². The van der Waals surface area contributed by atoms with Crippen LogP contribution in [0.5, 0.6) is 0 Å². The van der Waals surface area contributed by atoms with Crippen molar-refractivity contribution in [3.05, 3.63) is 60.0 Å². The fraction of sp³-hybridized carbons (Fsp3) is 0.519. The number of hydrogen-bond donors (Lipinski definition) is 3. The maximum absolute atomic E-state index is 13.6. The fourth-order valence-electron chi connectivity index (χ4n) is 4.55. The highest BCUT2D eigenvalue weighted by Crippen LogP contribution is 2.33. The third-order valence-electron chi connectivity index (χ3n) is 6.46. The van der Waals surface area contributed by atoms with Crippen molar-refractivity contribution in [2.75, 3.05) is 32.0 Å². The molecule has 2 heterocycles. The number of carbonyl (C=O) groups excluding carboxylic acids is 1. The molecule has 4 N–H and O–H groups in total. The number of aliphatic hydroxyl groups is 1. The van der Waals surface area contributed by atoms with Gasteiger partial charge in [-0.3, -0.25) is 0 Å². The zero-order valence-corrected chi connectivity index (χ0v) is 22.2. The van der Waals surface area contributed by atoms with Gasteiger partial charge in [0.25, 0.3) is 0 Å². The summed E-state index contributed by atoms with van der Waals surface area (Å²) in [6.45, 7) is 3.74. The smallest absolute Gasteiger partial charge is 0.407 e. The van der Waals surface area contributed by atoms with E-state index in [-0.39, 0.29) is 35.4 Å². The molecule has 0 radical (unpaired) electrons. The summed E-state index contributed by atoms with van der Waals surface area (Å²) in [5, 5.41) is 14.0. The Morgan fingerprint density at radius 1 is 1.21 bits per heavy atom. The zero-order chi connectivity index (χ0) is 31.6. The van der Waals surface area contributed by atoms with E-state index in [2.05, 4.69) is 5.32 Å². The molecule has 4 rings (SSSR count). The third kappa shape index (κ3) is 7.03. The van der Waals surface area contributed by atoms with E-state index >= 15 is 0 Å². The topological polar surface area (TPSA) is 140 Å². The van der Waals surface area contributed by atoms with E-state index in [0.717, 1.165) is 4.31 Å². The second-order valence-electron chi connectivity index (χ2n) is 9.88. The van der Waals surface area contributed by atoms with Gasteiger partial charge in [0.15, 0.2) is 6.29 Å². The molecular formula is C27H37N3O7S. The molecule has 2 aromatic carbocycles. The van der Waals surface area contributed by atoms with Crippen LogP contribution in [0.1, 0.15) is 32.7 Å². The van der Waals surface area contributed by atoms with Crippen LogP contribution in [0.4, 0.5) is 10.5 Å². The van der Waals surface area contributed by atoms with E-state index in [0.29, 0.717) is 18.7 Å². The minimum absolute atomic E-state index is 0.0259. The van der Waals surface area contributed by atoms with Crippen LogP contribution in [-0.4, -0.2) is 74.8 Å². The summed E-state index contributed by atoms with van der Waals surface area (Å²) in [5.41, 5.74) is 5.95. The highest BCUT2D eigenvalue weighted by molar-refractivity contribution is 7.89. The first-order valence-corrected chi connectivity index (χ1v) is 13.9. The van der Waals surface area contributed by atoms with Crippen molar-refractivity contribution in [3.8, 4) is 0 Å². The Morgan fingerprint density at radius 2 is 1.92 bits per heavy atom. The minimum Gasteiger partial charge on any atom is -0.443 e. The quantitative estimate of drug-likeness (QED) is 0.361. The van der Waals surface area contributed by atoms with Gasteiger partial charge in [0.2, 0.25) is 10.0 Å². The van der Waals surface area contributed by atoms with Gasteiger partial charge in [0.1, 0.15) is 6.10 Å². The molecule has 38 heavy (non-hydrogen) atoms. The molecule has 2 fully saturated rings. The van der Waals surface area contributed by atoms with Gasteiger partial charge in [0, 0.05) is 18.8 Å².